The van der Waals surface area contributed by atoms with Gasteiger partial charge in [-0.15, -0.1) is 0 Å². The molecular weight excluding hydrogens is 875 g/mol. The molecule has 1 aliphatic carbocycles. The first-order valence-electron chi connectivity index (χ1n) is 24.8. The second-order valence-corrected chi connectivity index (χ2v) is 19.5. The molecule has 0 atom stereocenters. The summed E-state index contributed by atoms with van der Waals surface area (Å²) in [7, 11) is 0. The molecule has 72 heavy (non-hydrogen) atoms. The highest BCUT2D eigenvalue weighted by atomic mass is 16.3. The summed E-state index contributed by atoms with van der Waals surface area (Å²) >= 11 is 0. The van der Waals surface area contributed by atoms with E-state index in [-0.39, 0.29) is 5.41 Å². The second kappa shape index (κ2) is 16.5. The number of hydrogen-bond donors (Lipinski definition) is 0. The first kappa shape index (κ1) is 41.8. The van der Waals surface area contributed by atoms with Crippen LogP contribution < -0.4 is 4.90 Å². The van der Waals surface area contributed by atoms with E-state index in [1.54, 1.807) is 0 Å². The third-order valence-electron chi connectivity index (χ3n) is 15.1. The normalized spacial score (nSPS) is 12.7. The molecule has 0 unspecified atom stereocenters. The van der Waals surface area contributed by atoms with Crippen LogP contribution in [-0.4, -0.2) is 0 Å². The van der Waals surface area contributed by atoms with Crippen LogP contribution in [-0.2, 0) is 5.41 Å². The lowest BCUT2D eigenvalue weighted by Gasteiger charge is -2.28. The lowest BCUT2D eigenvalue weighted by Crippen LogP contribution is -2.16. The van der Waals surface area contributed by atoms with Crippen molar-refractivity contribution in [3.05, 3.63) is 260 Å². The van der Waals surface area contributed by atoms with Crippen molar-refractivity contribution >= 4 is 60.9 Å². The zero-order valence-corrected chi connectivity index (χ0v) is 39.9. The average Bonchev–Trinajstić information content (AvgIpc) is 4.10. The number of benzene rings is 11. The van der Waals surface area contributed by atoms with Crippen molar-refractivity contribution in [3.8, 4) is 66.8 Å². The number of fused-ring (bicyclic) bond motifs is 9. The van der Waals surface area contributed by atoms with E-state index in [0.717, 1.165) is 88.8 Å². The molecule has 0 radical (unpaired) electrons. The van der Waals surface area contributed by atoms with Crippen LogP contribution in [0.2, 0.25) is 0 Å². The minimum Gasteiger partial charge on any atom is -0.455 e. The lowest BCUT2D eigenvalue weighted by molar-refractivity contribution is 0.662. The largest absolute Gasteiger partial charge is 0.455 e. The summed E-state index contributed by atoms with van der Waals surface area (Å²) in [5.41, 5.74) is 23.2. The van der Waals surface area contributed by atoms with Crippen LogP contribution in [0.15, 0.2) is 258 Å². The zero-order chi connectivity index (χ0) is 47.9. The molecule has 0 aliphatic heterocycles. The highest BCUT2D eigenvalue weighted by Gasteiger charge is 2.37. The fourth-order valence-electron chi connectivity index (χ4n) is 11.7. The molecule has 0 amide bonds. The molecule has 0 fully saturated rings. The average molecular weight is 922 g/mol. The van der Waals surface area contributed by atoms with Crippen LogP contribution >= 0.6 is 0 Å². The molecule has 13 aromatic rings. The molecule has 340 valence electrons. The lowest BCUT2D eigenvalue weighted by atomic mass is 9.79. The SMILES string of the molecule is CC1(C)c2ccccc2-c2cccc(-c3ccc(N(c4ccc(-c5ccc(-c6ccccc6)cc5)cc4)c4ccc(-c5ccccc5-c5cccc6c5oc5ccccc56)c5oc6ccccc6c45)cc3)c21. The minimum absolute atomic E-state index is 0.135. The van der Waals surface area contributed by atoms with Crippen molar-refractivity contribution in [2.75, 3.05) is 4.90 Å². The van der Waals surface area contributed by atoms with Gasteiger partial charge in [0.1, 0.15) is 22.3 Å². The van der Waals surface area contributed by atoms with Crippen molar-refractivity contribution in [3.63, 3.8) is 0 Å². The Morgan fingerprint density at radius 3 is 1.46 bits per heavy atom. The van der Waals surface area contributed by atoms with E-state index in [1.807, 2.05) is 12.1 Å². The Balaban J connectivity index is 0.935. The summed E-state index contributed by atoms with van der Waals surface area (Å²) in [6.07, 6.45) is 0. The Kier molecular flexibility index (Phi) is 9.56. The molecular formula is C69H47NO2. The van der Waals surface area contributed by atoms with Gasteiger partial charge in [0.2, 0.25) is 0 Å². The molecule has 3 heteroatoms. The standard InChI is InChI=1S/C69H47NO2/c1-69(2)61-27-11-8-20-54(61)56-24-14-23-51(66(56)69)48-36-40-50(41-37-48)70(49-38-34-47(35-39-49)46-32-30-45(31-33-46)44-16-4-3-5-17-44)62-43-42-59(68-65(62)60-22-10-13-29-64(60)72-68)53-19-7-6-18-52(53)57-25-15-26-58-55-21-9-12-28-63(55)71-67(57)58/h3-43H,1-2H3. The van der Waals surface area contributed by atoms with Gasteiger partial charge in [0, 0.05) is 44.1 Å². The Morgan fingerprint density at radius 2 is 0.764 bits per heavy atom. The molecule has 2 heterocycles. The predicted molar refractivity (Wildman–Crippen MR) is 300 cm³/mol. The van der Waals surface area contributed by atoms with Crippen molar-refractivity contribution < 1.29 is 8.83 Å². The van der Waals surface area contributed by atoms with Gasteiger partial charge in [-0.1, -0.05) is 214 Å². The summed E-state index contributed by atoms with van der Waals surface area (Å²) < 4.78 is 13.7. The maximum atomic E-state index is 7.06. The Labute approximate surface area is 418 Å². The third kappa shape index (κ3) is 6.58. The van der Waals surface area contributed by atoms with E-state index in [4.69, 9.17) is 8.83 Å². The highest BCUT2D eigenvalue weighted by molar-refractivity contribution is 6.18. The molecule has 0 saturated heterocycles. The van der Waals surface area contributed by atoms with Crippen LogP contribution in [0.3, 0.4) is 0 Å². The minimum atomic E-state index is -0.135. The van der Waals surface area contributed by atoms with E-state index < -0.39 is 0 Å². The topological polar surface area (TPSA) is 29.5 Å². The van der Waals surface area contributed by atoms with Gasteiger partial charge in [-0.3, -0.25) is 0 Å². The fraction of sp³-hybridized carbons (Fsp3) is 0.0435. The van der Waals surface area contributed by atoms with Crippen molar-refractivity contribution in [2.24, 2.45) is 0 Å². The maximum Gasteiger partial charge on any atom is 0.145 e. The molecule has 2 aromatic heterocycles. The number of anilines is 3. The van der Waals surface area contributed by atoms with Crippen LogP contribution in [0.1, 0.15) is 25.0 Å². The Morgan fingerprint density at radius 1 is 0.306 bits per heavy atom. The van der Waals surface area contributed by atoms with Gasteiger partial charge in [0.25, 0.3) is 0 Å². The molecule has 14 rings (SSSR count). The van der Waals surface area contributed by atoms with Crippen molar-refractivity contribution in [1.29, 1.82) is 0 Å². The van der Waals surface area contributed by atoms with Gasteiger partial charge in [-0.2, -0.15) is 0 Å². The van der Waals surface area contributed by atoms with Gasteiger partial charge < -0.3 is 13.7 Å². The van der Waals surface area contributed by atoms with Crippen molar-refractivity contribution in [2.45, 2.75) is 19.3 Å². The van der Waals surface area contributed by atoms with Gasteiger partial charge in [0.15, 0.2) is 0 Å². The number of hydrogen-bond acceptors (Lipinski definition) is 3. The Bertz CT molecular complexity index is 4210. The van der Waals surface area contributed by atoms with E-state index in [1.165, 1.54) is 50.1 Å². The molecule has 0 saturated carbocycles. The summed E-state index contributed by atoms with van der Waals surface area (Å²) in [5.74, 6) is 0. The van der Waals surface area contributed by atoms with Crippen LogP contribution in [0, 0.1) is 0 Å². The summed E-state index contributed by atoms with van der Waals surface area (Å²) in [6, 6.07) is 89.6. The first-order valence-corrected chi connectivity index (χ1v) is 24.8. The zero-order valence-electron chi connectivity index (χ0n) is 39.9. The molecule has 0 bridgehead atoms. The van der Waals surface area contributed by atoms with Crippen LogP contribution in [0.4, 0.5) is 17.1 Å². The molecule has 0 spiro atoms. The predicted octanol–water partition coefficient (Wildman–Crippen LogP) is 19.6. The number of furan rings is 2. The number of rotatable bonds is 8. The molecule has 1 aliphatic rings. The van der Waals surface area contributed by atoms with Gasteiger partial charge >= 0.3 is 0 Å². The fourth-order valence-corrected chi connectivity index (χ4v) is 11.7. The van der Waals surface area contributed by atoms with E-state index in [0.29, 0.717) is 0 Å². The van der Waals surface area contributed by atoms with Gasteiger partial charge in [-0.05, 0) is 115 Å². The maximum absolute atomic E-state index is 7.06. The van der Waals surface area contributed by atoms with E-state index in [9.17, 15) is 0 Å². The van der Waals surface area contributed by atoms with Crippen molar-refractivity contribution in [1.82, 2.24) is 0 Å². The first-order chi connectivity index (χ1) is 35.5. The second-order valence-electron chi connectivity index (χ2n) is 19.5. The monoisotopic (exact) mass is 921 g/mol. The number of para-hydroxylation sites is 3. The molecule has 11 aromatic carbocycles. The summed E-state index contributed by atoms with van der Waals surface area (Å²) in [5, 5.41) is 4.31. The van der Waals surface area contributed by atoms with Gasteiger partial charge in [0.05, 0.1) is 11.1 Å². The molecule has 3 nitrogen and oxygen atoms in total. The number of nitrogens with zero attached hydrogens (tertiary/aromatic N) is 1. The quantitative estimate of drug-likeness (QED) is 0.152. The molecule has 0 N–H and O–H groups in total. The van der Waals surface area contributed by atoms with Crippen LogP contribution in [0.25, 0.3) is 111 Å². The van der Waals surface area contributed by atoms with Gasteiger partial charge in [-0.25, -0.2) is 0 Å². The van der Waals surface area contributed by atoms with Crippen LogP contribution in [0.5, 0.6) is 0 Å². The third-order valence-corrected chi connectivity index (χ3v) is 15.1. The summed E-state index contributed by atoms with van der Waals surface area (Å²) in [4.78, 5) is 2.40. The smallest absolute Gasteiger partial charge is 0.145 e. The van der Waals surface area contributed by atoms with E-state index >= 15 is 0 Å². The van der Waals surface area contributed by atoms with E-state index in [2.05, 4.69) is 255 Å². The Hall–Kier alpha value is -9.18. The highest BCUT2D eigenvalue weighted by Crippen LogP contribution is 2.53. The summed E-state index contributed by atoms with van der Waals surface area (Å²) in [6.45, 7) is 4.72.